The highest BCUT2D eigenvalue weighted by Gasteiger charge is 2.23. The first kappa shape index (κ1) is 22.6. The van der Waals surface area contributed by atoms with Crippen LogP contribution >= 0.6 is 0 Å². The van der Waals surface area contributed by atoms with E-state index in [-0.39, 0.29) is 34.6 Å². The highest BCUT2D eigenvalue weighted by Crippen LogP contribution is 2.18. The molecular formula is C24H25N3O5S. The lowest BCUT2D eigenvalue weighted by atomic mass is 10.2. The number of anilines is 1. The van der Waals surface area contributed by atoms with E-state index in [0.29, 0.717) is 13.1 Å². The van der Waals surface area contributed by atoms with Gasteiger partial charge in [-0.15, -0.1) is 0 Å². The Bertz CT molecular complexity index is 1200. The number of furan rings is 1. The molecule has 0 saturated carbocycles. The van der Waals surface area contributed by atoms with Crippen LogP contribution in [0.4, 0.5) is 5.69 Å². The van der Waals surface area contributed by atoms with Gasteiger partial charge < -0.3 is 19.5 Å². The second kappa shape index (κ2) is 9.91. The summed E-state index contributed by atoms with van der Waals surface area (Å²) in [5.41, 5.74) is 1.13. The highest BCUT2D eigenvalue weighted by molar-refractivity contribution is 7.90. The van der Waals surface area contributed by atoms with Crippen molar-refractivity contribution in [2.24, 2.45) is 0 Å². The van der Waals surface area contributed by atoms with Gasteiger partial charge in [-0.2, -0.15) is 0 Å². The molecule has 33 heavy (non-hydrogen) atoms. The molecule has 1 aromatic heterocycles. The van der Waals surface area contributed by atoms with Gasteiger partial charge in [-0.25, -0.2) is 8.42 Å². The number of para-hydroxylation sites is 1. The van der Waals surface area contributed by atoms with Gasteiger partial charge in [-0.1, -0.05) is 36.4 Å². The molecule has 9 heteroatoms. The number of amides is 2. The van der Waals surface area contributed by atoms with Gasteiger partial charge in [0.05, 0.1) is 11.4 Å². The third-order valence-electron chi connectivity index (χ3n) is 5.47. The quantitative estimate of drug-likeness (QED) is 0.573. The number of hydrogen-bond acceptors (Lipinski definition) is 6. The minimum Gasteiger partial charge on any atom is -0.455 e. The van der Waals surface area contributed by atoms with Crippen LogP contribution in [0.5, 0.6) is 0 Å². The van der Waals surface area contributed by atoms with Gasteiger partial charge in [0.15, 0.2) is 15.6 Å². The molecule has 1 saturated heterocycles. The first-order valence-electron chi connectivity index (χ1n) is 10.6. The summed E-state index contributed by atoms with van der Waals surface area (Å²) in [6.07, 6.45) is 0. The molecule has 1 N–H and O–H groups in total. The monoisotopic (exact) mass is 467 g/mol. The van der Waals surface area contributed by atoms with Crippen molar-refractivity contribution in [3.05, 3.63) is 84.3 Å². The Kier molecular flexibility index (Phi) is 6.79. The summed E-state index contributed by atoms with van der Waals surface area (Å²) in [5.74, 6) is -0.957. The number of carbonyl (C=O) groups is 2. The maximum atomic E-state index is 12.5. The first-order chi connectivity index (χ1) is 15.9. The Morgan fingerprint density at radius 3 is 2.15 bits per heavy atom. The van der Waals surface area contributed by atoms with Crippen LogP contribution in [-0.4, -0.2) is 57.9 Å². The molecule has 8 nitrogen and oxygen atoms in total. The molecule has 1 aliphatic rings. The van der Waals surface area contributed by atoms with Crippen LogP contribution in [-0.2, 0) is 20.4 Å². The van der Waals surface area contributed by atoms with E-state index < -0.39 is 15.7 Å². The number of benzene rings is 2. The third-order valence-corrected chi connectivity index (χ3v) is 7.13. The molecule has 4 rings (SSSR count). The second-order valence-electron chi connectivity index (χ2n) is 7.72. The third kappa shape index (κ3) is 5.61. The fraction of sp³-hybridized carbons (Fsp3) is 0.250. The Labute approximate surface area is 192 Å². The molecule has 0 spiro atoms. The number of carbonyl (C=O) groups excluding carboxylic acids is 2. The lowest BCUT2D eigenvalue weighted by molar-refractivity contribution is -0.130. The van der Waals surface area contributed by atoms with Crippen molar-refractivity contribution >= 4 is 27.3 Å². The summed E-state index contributed by atoms with van der Waals surface area (Å²) in [6, 6.07) is 20.9. The lowest BCUT2D eigenvalue weighted by Crippen LogP contribution is -2.51. The molecule has 2 heterocycles. The Morgan fingerprint density at radius 1 is 0.848 bits per heavy atom. The van der Waals surface area contributed by atoms with Crippen LogP contribution in [0.15, 0.2) is 82.1 Å². The largest absolute Gasteiger partial charge is 0.455 e. The van der Waals surface area contributed by atoms with Crippen molar-refractivity contribution < 1.29 is 22.4 Å². The van der Waals surface area contributed by atoms with Crippen molar-refractivity contribution in [2.45, 2.75) is 10.6 Å². The predicted molar refractivity (Wildman–Crippen MR) is 124 cm³/mol. The fourth-order valence-electron chi connectivity index (χ4n) is 3.68. The standard InChI is InChI=1S/C24H25N3O5S/c28-23(27-15-13-26(14-16-27)19-7-3-1-4-8-19)17-25-24(29)22-12-11-20(32-22)18-33(30,31)21-9-5-2-6-10-21/h1-12H,13-18H2,(H,25,29). The summed E-state index contributed by atoms with van der Waals surface area (Å²) in [5, 5.41) is 2.56. The number of nitrogens with one attached hydrogen (secondary N) is 1. The molecule has 2 aromatic carbocycles. The van der Waals surface area contributed by atoms with Gasteiger partial charge in [0, 0.05) is 31.9 Å². The van der Waals surface area contributed by atoms with Gasteiger partial charge in [-0.3, -0.25) is 9.59 Å². The van der Waals surface area contributed by atoms with Crippen molar-refractivity contribution in [3.63, 3.8) is 0 Å². The molecule has 2 amide bonds. The van der Waals surface area contributed by atoms with E-state index in [1.165, 1.54) is 24.3 Å². The molecule has 0 unspecified atom stereocenters. The van der Waals surface area contributed by atoms with Gasteiger partial charge in [0.1, 0.15) is 11.5 Å². The maximum Gasteiger partial charge on any atom is 0.287 e. The number of hydrogen-bond donors (Lipinski definition) is 1. The van der Waals surface area contributed by atoms with Crippen molar-refractivity contribution in [1.82, 2.24) is 10.2 Å². The molecule has 1 fully saturated rings. The van der Waals surface area contributed by atoms with Gasteiger partial charge in [0.25, 0.3) is 5.91 Å². The van der Waals surface area contributed by atoms with Gasteiger partial charge in [-0.05, 0) is 36.4 Å². The zero-order valence-corrected chi connectivity index (χ0v) is 18.8. The molecule has 0 radical (unpaired) electrons. The topological polar surface area (TPSA) is 99.9 Å². The van der Waals surface area contributed by atoms with Gasteiger partial charge >= 0.3 is 0 Å². The van der Waals surface area contributed by atoms with E-state index in [0.717, 1.165) is 18.8 Å². The van der Waals surface area contributed by atoms with Crippen molar-refractivity contribution in [3.8, 4) is 0 Å². The molecule has 0 atom stereocenters. The fourth-order valence-corrected chi connectivity index (χ4v) is 4.95. The summed E-state index contributed by atoms with van der Waals surface area (Å²) < 4.78 is 30.4. The average Bonchev–Trinajstić information content (AvgIpc) is 3.31. The minimum absolute atomic E-state index is 0.0324. The minimum atomic E-state index is -3.58. The molecule has 1 aliphatic heterocycles. The van der Waals surface area contributed by atoms with E-state index in [9.17, 15) is 18.0 Å². The van der Waals surface area contributed by atoms with Crippen LogP contribution < -0.4 is 10.2 Å². The predicted octanol–water partition coefficient (Wildman–Crippen LogP) is 2.33. The zero-order valence-electron chi connectivity index (χ0n) is 18.0. The number of piperazine rings is 1. The lowest BCUT2D eigenvalue weighted by Gasteiger charge is -2.36. The van der Waals surface area contributed by atoms with E-state index >= 15 is 0 Å². The smallest absolute Gasteiger partial charge is 0.287 e. The Morgan fingerprint density at radius 2 is 1.48 bits per heavy atom. The van der Waals surface area contributed by atoms with Crippen LogP contribution in [0.25, 0.3) is 0 Å². The molecular weight excluding hydrogens is 442 g/mol. The maximum absolute atomic E-state index is 12.5. The highest BCUT2D eigenvalue weighted by atomic mass is 32.2. The zero-order chi connectivity index (χ0) is 23.3. The first-order valence-corrected chi connectivity index (χ1v) is 12.3. The van der Waals surface area contributed by atoms with Crippen LogP contribution in [0.1, 0.15) is 16.3 Å². The van der Waals surface area contributed by atoms with Crippen LogP contribution in [0.3, 0.4) is 0 Å². The Hall–Kier alpha value is -3.59. The number of sulfone groups is 1. The normalized spacial score (nSPS) is 14.2. The summed E-state index contributed by atoms with van der Waals surface area (Å²) in [7, 11) is -3.58. The molecule has 0 aliphatic carbocycles. The Balaban J connectivity index is 1.26. The molecule has 0 bridgehead atoms. The van der Waals surface area contributed by atoms with Crippen molar-refractivity contribution in [1.29, 1.82) is 0 Å². The van der Waals surface area contributed by atoms with E-state index in [1.54, 1.807) is 23.1 Å². The molecule has 3 aromatic rings. The summed E-state index contributed by atoms with van der Waals surface area (Å²) in [6.45, 7) is 2.45. The van der Waals surface area contributed by atoms with E-state index in [2.05, 4.69) is 10.2 Å². The molecule has 172 valence electrons. The van der Waals surface area contributed by atoms with E-state index in [4.69, 9.17) is 4.42 Å². The second-order valence-corrected chi connectivity index (χ2v) is 9.71. The van der Waals surface area contributed by atoms with E-state index in [1.807, 2.05) is 30.3 Å². The number of nitrogens with zero attached hydrogens (tertiary/aromatic N) is 2. The van der Waals surface area contributed by atoms with Crippen molar-refractivity contribution in [2.75, 3.05) is 37.6 Å². The van der Waals surface area contributed by atoms with Crippen LogP contribution in [0.2, 0.25) is 0 Å². The summed E-state index contributed by atoms with van der Waals surface area (Å²) >= 11 is 0. The summed E-state index contributed by atoms with van der Waals surface area (Å²) in [4.78, 5) is 29.0. The average molecular weight is 468 g/mol. The van der Waals surface area contributed by atoms with Gasteiger partial charge in [0.2, 0.25) is 5.91 Å². The SMILES string of the molecule is O=C(NCC(=O)N1CCN(c2ccccc2)CC1)c1ccc(CS(=O)(=O)c2ccccc2)o1. The van der Waals surface area contributed by atoms with Crippen LogP contribution in [0, 0.1) is 0 Å². The number of rotatable bonds is 7.